The van der Waals surface area contributed by atoms with Crippen molar-refractivity contribution in [1.82, 2.24) is 9.62 Å². The Morgan fingerprint density at radius 3 is 2.35 bits per heavy atom. The van der Waals surface area contributed by atoms with E-state index >= 15 is 0 Å². The molecule has 1 saturated carbocycles. The minimum absolute atomic E-state index is 0.0119. The third-order valence-corrected chi connectivity index (χ3v) is 9.35. The molecule has 2 unspecified atom stereocenters. The molecule has 0 radical (unpaired) electrons. The van der Waals surface area contributed by atoms with Crippen LogP contribution in [0.25, 0.3) is 0 Å². The molecule has 1 aliphatic carbocycles. The van der Waals surface area contributed by atoms with E-state index < -0.39 is 28.0 Å². The Morgan fingerprint density at radius 1 is 1.24 bits per heavy atom. The fraction of sp³-hybridized carbons (Fsp3) is 0.708. The van der Waals surface area contributed by atoms with Gasteiger partial charge in [0.1, 0.15) is 10.5 Å². The van der Waals surface area contributed by atoms with E-state index in [2.05, 4.69) is 4.72 Å². The molecule has 4 rings (SSSR count). The number of halogens is 2. The number of aromatic hydroxyl groups is 1. The number of phenols is 1. The first-order valence-corrected chi connectivity index (χ1v) is 13.6. The van der Waals surface area contributed by atoms with Crippen LogP contribution in [-0.2, 0) is 25.6 Å². The Balaban J connectivity index is 1.49. The third-order valence-electron chi connectivity index (χ3n) is 7.05. The van der Waals surface area contributed by atoms with Gasteiger partial charge >= 0.3 is 0 Å². The minimum Gasteiger partial charge on any atom is -0.598 e. The summed E-state index contributed by atoms with van der Waals surface area (Å²) in [5.41, 5.74) is 0.601. The number of ether oxygens (including phenoxy) is 2. The smallest absolute Gasteiger partial charge is 0.254 e. The van der Waals surface area contributed by atoms with Gasteiger partial charge < -0.3 is 24.0 Å². The number of phenolic OH excluding ortho intramolecular Hbond substituents is 1. The van der Waals surface area contributed by atoms with Crippen molar-refractivity contribution in [2.45, 2.75) is 70.1 Å². The molecule has 2 saturated heterocycles. The highest BCUT2D eigenvalue weighted by Crippen LogP contribution is 2.49. The fourth-order valence-electron chi connectivity index (χ4n) is 5.32. The van der Waals surface area contributed by atoms with Gasteiger partial charge in [0.2, 0.25) is 0 Å². The Kier molecular flexibility index (Phi) is 7.44. The SMILES string of the molecule is CC1(C)OC[C@H](C(=O)N2C[C@H]3C[C@H](C(N[S+]([O-])C(C)(C)C)c4cc(Cl)c(Cl)cc4O)C[C@H]3C2)O1. The van der Waals surface area contributed by atoms with Crippen molar-refractivity contribution in [2.75, 3.05) is 19.7 Å². The number of rotatable bonds is 5. The molecule has 0 bridgehead atoms. The first-order chi connectivity index (χ1) is 15.7. The molecule has 0 spiro atoms. The molecule has 0 aromatic heterocycles. The summed E-state index contributed by atoms with van der Waals surface area (Å²) in [4.78, 5) is 14.9. The fourth-order valence-corrected chi connectivity index (χ4v) is 6.55. The number of hydrogen-bond acceptors (Lipinski definition) is 6. The Bertz CT molecular complexity index is 927. The van der Waals surface area contributed by atoms with E-state index in [9.17, 15) is 14.5 Å². The highest BCUT2D eigenvalue weighted by Gasteiger charge is 2.49. The maximum atomic E-state index is 13.0. The highest BCUT2D eigenvalue weighted by atomic mass is 35.5. The molecule has 2 heterocycles. The first-order valence-electron chi connectivity index (χ1n) is 11.7. The summed E-state index contributed by atoms with van der Waals surface area (Å²) in [5.74, 6) is 0.0921. The van der Waals surface area contributed by atoms with E-state index in [1.807, 2.05) is 39.5 Å². The van der Waals surface area contributed by atoms with Gasteiger partial charge in [0.05, 0.1) is 22.7 Å². The molecule has 190 valence electrons. The highest BCUT2D eigenvalue weighted by molar-refractivity contribution is 7.90. The number of carbonyl (C=O) groups excluding carboxylic acids is 1. The van der Waals surface area contributed by atoms with Crippen molar-refractivity contribution >= 4 is 40.5 Å². The zero-order valence-corrected chi connectivity index (χ0v) is 22.6. The van der Waals surface area contributed by atoms with Gasteiger partial charge in [-0.15, -0.1) is 4.72 Å². The standard InChI is InChI=1S/C24H34Cl2N2O5S/c1-23(2,3)34(31)27-21(16-8-17(25)18(26)9-19(16)29)13-6-14-10-28(11-15(14)7-13)22(30)20-12-32-24(4,5)33-20/h8-9,13-15,20-21,27,29H,6-7,10-12H2,1-5H3/t13-,14+,15-,20-,21?,34?/m1/s1. The zero-order chi connectivity index (χ0) is 25.0. The van der Waals surface area contributed by atoms with E-state index in [1.54, 1.807) is 6.07 Å². The summed E-state index contributed by atoms with van der Waals surface area (Å²) in [6.07, 6.45) is 1.14. The summed E-state index contributed by atoms with van der Waals surface area (Å²) in [5, 5.41) is 11.3. The van der Waals surface area contributed by atoms with Crippen LogP contribution >= 0.6 is 23.2 Å². The molecular weight excluding hydrogens is 499 g/mol. The van der Waals surface area contributed by atoms with Crippen LogP contribution in [-0.4, -0.2) is 56.8 Å². The average molecular weight is 534 g/mol. The van der Waals surface area contributed by atoms with Crippen molar-refractivity contribution in [1.29, 1.82) is 0 Å². The van der Waals surface area contributed by atoms with Gasteiger partial charge in [-0.2, -0.15) is 0 Å². The number of fused-ring (bicyclic) bond motifs is 1. The number of likely N-dealkylation sites (tertiary alicyclic amines) is 1. The zero-order valence-electron chi connectivity index (χ0n) is 20.3. The lowest BCUT2D eigenvalue weighted by molar-refractivity contribution is -0.159. The topological polar surface area (TPSA) is 94.1 Å². The summed E-state index contributed by atoms with van der Waals surface area (Å²) in [7, 11) is 0. The molecule has 10 heteroatoms. The first kappa shape index (κ1) is 26.3. The monoisotopic (exact) mass is 532 g/mol. The largest absolute Gasteiger partial charge is 0.598 e. The number of hydrogen-bond donors (Lipinski definition) is 2. The Morgan fingerprint density at radius 2 is 1.82 bits per heavy atom. The van der Waals surface area contributed by atoms with Crippen LogP contribution in [0.4, 0.5) is 0 Å². The normalized spacial score (nSPS) is 30.4. The molecule has 34 heavy (non-hydrogen) atoms. The van der Waals surface area contributed by atoms with Gasteiger partial charge in [0.25, 0.3) is 5.91 Å². The predicted octanol–water partition coefficient (Wildman–Crippen LogP) is 4.43. The van der Waals surface area contributed by atoms with Crippen LogP contribution < -0.4 is 4.72 Å². The molecule has 3 aliphatic rings. The maximum absolute atomic E-state index is 13.0. The van der Waals surface area contributed by atoms with Crippen molar-refractivity contribution in [3.8, 4) is 5.75 Å². The molecule has 6 atom stereocenters. The van der Waals surface area contributed by atoms with Crippen molar-refractivity contribution in [3.05, 3.63) is 27.7 Å². The van der Waals surface area contributed by atoms with E-state index in [1.165, 1.54) is 6.07 Å². The van der Waals surface area contributed by atoms with Gasteiger partial charge in [0.15, 0.2) is 11.9 Å². The second-order valence-electron chi connectivity index (χ2n) is 11.1. The number of benzene rings is 1. The molecule has 2 aliphatic heterocycles. The van der Waals surface area contributed by atoms with E-state index in [0.717, 1.165) is 12.8 Å². The Hall–Kier alpha value is -0.740. The van der Waals surface area contributed by atoms with Crippen molar-refractivity contribution < 1.29 is 23.9 Å². The number of amides is 1. The minimum atomic E-state index is -1.35. The second-order valence-corrected chi connectivity index (χ2v) is 13.9. The van der Waals surface area contributed by atoms with E-state index in [4.69, 9.17) is 32.7 Å². The van der Waals surface area contributed by atoms with Crippen LogP contribution in [0, 0.1) is 17.8 Å². The van der Waals surface area contributed by atoms with E-state index in [-0.39, 0.29) is 35.2 Å². The number of nitrogens with one attached hydrogen (secondary N) is 1. The lowest BCUT2D eigenvalue weighted by atomic mass is 9.90. The molecular formula is C24H34Cl2N2O5S. The summed E-state index contributed by atoms with van der Waals surface area (Å²) >= 11 is 11.0. The summed E-state index contributed by atoms with van der Waals surface area (Å²) in [6.45, 7) is 11.0. The van der Waals surface area contributed by atoms with Crippen LogP contribution in [0.3, 0.4) is 0 Å². The molecule has 1 amide bonds. The molecule has 2 N–H and O–H groups in total. The quantitative estimate of drug-likeness (QED) is 0.544. The van der Waals surface area contributed by atoms with Crippen LogP contribution in [0.15, 0.2) is 12.1 Å². The maximum Gasteiger partial charge on any atom is 0.254 e. The van der Waals surface area contributed by atoms with E-state index in [0.29, 0.717) is 35.5 Å². The number of nitrogens with zero attached hydrogens (tertiary/aromatic N) is 1. The van der Waals surface area contributed by atoms with Gasteiger partial charge in [0, 0.05) is 36.1 Å². The second kappa shape index (κ2) is 9.61. The van der Waals surface area contributed by atoms with Crippen molar-refractivity contribution in [2.24, 2.45) is 17.8 Å². The molecule has 7 nitrogen and oxygen atoms in total. The molecule has 3 fully saturated rings. The number of carbonyl (C=O) groups is 1. The predicted molar refractivity (Wildman–Crippen MR) is 133 cm³/mol. The van der Waals surface area contributed by atoms with Gasteiger partial charge in [-0.25, -0.2) is 0 Å². The van der Waals surface area contributed by atoms with Gasteiger partial charge in [-0.3, -0.25) is 4.79 Å². The molecule has 1 aromatic carbocycles. The lowest BCUT2D eigenvalue weighted by Crippen LogP contribution is -2.43. The van der Waals surface area contributed by atoms with Crippen LogP contribution in [0.2, 0.25) is 10.0 Å². The summed E-state index contributed by atoms with van der Waals surface area (Å²) < 4.78 is 27.2. The van der Waals surface area contributed by atoms with Crippen LogP contribution in [0.1, 0.15) is 59.1 Å². The van der Waals surface area contributed by atoms with Crippen molar-refractivity contribution in [3.63, 3.8) is 0 Å². The summed E-state index contributed by atoms with van der Waals surface area (Å²) in [6, 6.07) is 2.76. The Labute approximate surface area is 214 Å². The van der Waals surface area contributed by atoms with Gasteiger partial charge in [-0.05, 0) is 71.3 Å². The van der Waals surface area contributed by atoms with Gasteiger partial charge in [-0.1, -0.05) is 23.2 Å². The van der Waals surface area contributed by atoms with Crippen LogP contribution in [0.5, 0.6) is 5.75 Å². The average Bonchev–Trinajstić information content (AvgIpc) is 3.40. The third kappa shape index (κ3) is 5.48. The molecule has 1 aromatic rings. The lowest BCUT2D eigenvalue weighted by Gasteiger charge is -2.32.